The third kappa shape index (κ3) is 16.3. The normalized spacial score (nSPS) is 12.1. The number of esters is 1. The van der Waals surface area contributed by atoms with E-state index >= 15 is 0 Å². The number of methoxy groups -OCH3 is 1. The van der Waals surface area contributed by atoms with E-state index in [0.29, 0.717) is 6.42 Å². The average Bonchev–Trinajstić information content (AvgIpc) is 2.54. The lowest BCUT2D eigenvalue weighted by molar-refractivity contribution is -0.140. The van der Waals surface area contributed by atoms with Crippen molar-refractivity contribution in [1.29, 1.82) is 0 Å². The summed E-state index contributed by atoms with van der Waals surface area (Å²) < 4.78 is 9.84. The summed E-state index contributed by atoms with van der Waals surface area (Å²) in [5, 5.41) is 0. The van der Waals surface area contributed by atoms with Crippen molar-refractivity contribution in [3.63, 3.8) is 0 Å². The Morgan fingerprint density at radius 3 is 2.50 bits per heavy atom. The van der Waals surface area contributed by atoms with E-state index in [2.05, 4.69) is 29.9 Å². The van der Waals surface area contributed by atoms with Gasteiger partial charge >= 0.3 is 5.97 Å². The van der Waals surface area contributed by atoms with Crippen molar-refractivity contribution in [2.75, 3.05) is 7.11 Å². The lowest BCUT2D eigenvalue weighted by atomic mass is 10.1. The molecule has 0 saturated carbocycles. The molecule has 0 radical (unpaired) electrons. The Morgan fingerprint density at radius 1 is 0.909 bits per heavy atom. The molecule has 0 aliphatic carbocycles. The number of ether oxygens (including phenoxy) is 2. The van der Waals surface area contributed by atoms with Crippen molar-refractivity contribution >= 4 is 5.97 Å². The highest BCUT2D eigenvalue weighted by Gasteiger charge is 1.98. The largest absolute Gasteiger partial charge is 0.473 e. The first-order chi connectivity index (χ1) is 10.8. The summed E-state index contributed by atoms with van der Waals surface area (Å²) in [6.45, 7) is 2.13. The smallest absolute Gasteiger partial charge is 0.305 e. The first-order valence-corrected chi connectivity index (χ1v) is 8.15. The first-order valence-electron chi connectivity index (χ1n) is 8.15. The molecule has 0 aromatic heterocycles. The summed E-state index contributed by atoms with van der Waals surface area (Å²) in [7, 11) is 1.43. The van der Waals surface area contributed by atoms with Crippen LogP contribution in [-0.4, -0.2) is 13.1 Å². The summed E-state index contributed by atoms with van der Waals surface area (Å²) in [5.41, 5.74) is 0. The van der Waals surface area contributed by atoms with E-state index in [9.17, 15) is 4.79 Å². The molecule has 0 aromatic carbocycles. The van der Waals surface area contributed by atoms with E-state index in [0.717, 1.165) is 44.9 Å². The molecule has 0 spiro atoms. The second-order valence-corrected chi connectivity index (χ2v) is 4.91. The molecule has 124 valence electrons. The monoisotopic (exact) mass is 306 g/mol. The van der Waals surface area contributed by atoms with Crippen LogP contribution >= 0.6 is 0 Å². The third-order valence-electron chi connectivity index (χ3n) is 2.98. The maximum absolute atomic E-state index is 10.9. The topological polar surface area (TPSA) is 35.5 Å². The fourth-order valence-electron chi connectivity index (χ4n) is 1.75. The molecule has 0 rings (SSSR count). The second kappa shape index (κ2) is 17.3. The molecular formula is C19H30O3. The van der Waals surface area contributed by atoms with Crippen molar-refractivity contribution in [3.05, 3.63) is 49.0 Å². The van der Waals surface area contributed by atoms with Gasteiger partial charge in [0.05, 0.1) is 19.6 Å². The maximum atomic E-state index is 10.9. The van der Waals surface area contributed by atoms with Crippen molar-refractivity contribution in [1.82, 2.24) is 0 Å². The molecule has 22 heavy (non-hydrogen) atoms. The van der Waals surface area contributed by atoms with Gasteiger partial charge in [0.2, 0.25) is 0 Å². The third-order valence-corrected chi connectivity index (χ3v) is 2.98. The van der Waals surface area contributed by atoms with Crippen molar-refractivity contribution in [2.24, 2.45) is 0 Å². The SMILES string of the molecule is CC/C=C/C/C=C/C=C/O/C=C/CCCCCCC(=O)OC. The number of hydrogen-bond donors (Lipinski definition) is 0. The zero-order chi connectivity index (χ0) is 16.3. The molecule has 0 N–H and O–H groups in total. The van der Waals surface area contributed by atoms with Crippen LogP contribution in [0.15, 0.2) is 49.0 Å². The van der Waals surface area contributed by atoms with Crippen LogP contribution in [0.5, 0.6) is 0 Å². The Kier molecular flexibility index (Phi) is 15.9. The van der Waals surface area contributed by atoms with E-state index in [-0.39, 0.29) is 5.97 Å². The van der Waals surface area contributed by atoms with Gasteiger partial charge in [-0.05, 0) is 44.3 Å². The molecule has 0 fully saturated rings. The van der Waals surface area contributed by atoms with E-state index in [4.69, 9.17) is 4.74 Å². The molecule has 0 aliphatic rings. The predicted molar refractivity (Wildman–Crippen MR) is 92.3 cm³/mol. The summed E-state index contributed by atoms with van der Waals surface area (Å²) in [6, 6.07) is 0. The minimum atomic E-state index is -0.115. The number of carbonyl (C=O) groups excluding carboxylic acids is 1. The van der Waals surface area contributed by atoms with Gasteiger partial charge in [0.15, 0.2) is 0 Å². The fourth-order valence-corrected chi connectivity index (χ4v) is 1.75. The Labute approximate surface area is 135 Å². The van der Waals surface area contributed by atoms with Gasteiger partial charge in [-0.25, -0.2) is 0 Å². The zero-order valence-electron chi connectivity index (χ0n) is 14.0. The predicted octanol–water partition coefficient (Wildman–Crippen LogP) is 5.46. The molecule has 3 heteroatoms. The summed E-state index contributed by atoms with van der Waals surface area (Å²) >= 11 is 0. The van der Waals surface area contributed by atoms with E-state index < -0.39 is 0 Å². The fraction of sp³-hybridized carbons (Fsp3) is 0.526. The molecule has 0 aromatic rings. The van der Waals surface area contributed by atoms with Crippen LogP contribution in [0.1, 0.15) is 58.3 Å². The van der Waals surface area contributed by atoms with Gasteiger partial charge in [-0.3, -0.25) is 4.79 Å². The zero-order valence-corrected chi connectivity index (χ0v) is 14.0. The van der Waals surface area contributed by atoms with Crippen molar-refractivity contribution < 1.29 is 14.3 Å². The van der Waals surface area contributed by atoms with Gasteiger partial charge in [0.1, 0.15) is 0 Å². The molecule has 0 heterocycles. The Balaban J connectivity index is 3.37. The highest BCUT2D eigenvalue weighted by molar-refractivity contribution is 5.68. The molecule has 0 saturated heterocycles. The van der Waals surface area contributed by atoms with Crippen LogP contribution in [0, 0.1) is 0 Å². The summed E-state index contributed by atoms with van der Waals surface area (Å²) in [6.07, 6.45) is 23.5. The molecule has 0 aliphatic heterocycles. The van der Waals surface area contributed by atoms with Crippen LogP contribution in [0.3, 0.4) is 0 Å². The van der Waals surface area contributed by atoms with Gasteiger partial charge in [-0.15, -0.1) is 0 Å². The lowest BCUT2D eigenvalue weighted by Gasteiger charge is -1.99. The van der Waals surface area contributed by atoms with Gasteiger partial charge in [0.25, 0.3) is 0 Å². The molecular weight excluding hydrogens is 276 g/mol. The van der Waals surface area contributed by atoms with Crippen LogP contribution in [-0.2, 0) is 14.3 Å². The van der Waals surface area contributed by atoms with Gasteiger partial charge in [-0.2, -0.15) is 0 Å². The Bertz CT molecular complexity index is 365. The molecule has 0 unspecified atom stereocenters. The standard InChI is InChI=1S/C19H30O3/c1-3-4-5-6-8-11-14-17-22-18-15-12-9-7-10-13-16-19(20)21-2/h4-5,8,11,14-15,17-18H,3,6-7,9-10,12-13,16H2,1-2H3/b5-4+,11-8+,17-14+,18-15+. The van der Waals surface area contributed by atoms with Crippen molar-refractivity contribution in [2.45, 2.75) is 58.3 Å². The molecule has 3 nitrogen and oxygen atoms in total. The van der Waals surface area contributed by atoms with Gasteiger partial charge < -0.3 is 9.47 Å². The summed E-state index contributed by atoms with van der Waals surface area (Å²) in [4.78, 5) is 10.9. The number of unbranched alkanes of at least 4 members (excludes halogenated alkanes) is 4. The number of rotatable bonds is 13. The Morgan fingerprint density at radius 2 is 1.73 bits per heavy atom. The highest BCUT2D eigenvalue weighted by atomic mass is 16.5. The minimum absolute atomic E-state index is 0.115. The quantitative estimate of drug-likeness (QED) is 0.149. The maximum Gasteiger partial charge on any atom is 0.305 e. The van der Waals surface area contributed by atoms with Crippen LogP contribution in [0.2, 0.25) is 0 Å². The van der Waals surface area contributed by atoms with E-state index in [1.807, 2.05) is 18.2 Å². The van der Waals surface area contributed by atoms with Crippen LogP contribution in [0.25, 0.3) is 0 Å². The average molecular weight is 306 g/mol. The molecule has 0 bridgehead atoms. The molecule has 0 amide bonds. The van der Waals surface area contributed by atoms with Gasteiger partial charge in [0, 0.05) is 6.42 Å². The Hall–Kier alpha value is -1.77. The van der Waals surface area contributed by atoms with E-state index in [1.165, 1.54) is 7.11 Å². The van der Waals surface area contributed by atoms with Crippen molar-refractivity contribution in [3.8, 4) is 0 Å². The highest BCUT2D eigenvalue weighted by Crippen LogP contribution is 2.06. The second-order valence-electron chi connectivity index (χ2n) is 4.91. The lowest BCUT2D eigenvalue weighted by Crippen LogP contribution is -1.98. The van der Waals surface area contributed by atoms with Gasteiger partial charge in [-0.1, -0.05) is 44.1 Å². The first kappa shape index (κ1) is 20.2. The summed E-state index contributed by atoms with van der Waals surface area (Å²) in [5.74, 6) is -0.115. The number of hydrogen-bond acceptors (Lipinski definition) is 3. The van der Waals surface area contributed by atoms with Crippen LogP contribution < -0.4 is 0 Å². The van der Waals surface area contributed by atoms with E-state index in [1.54, 1.807) is 12.5 Å². The number of allylic oxidation sites excluding steroid dienone is 6. The number of carbonyl (C=O) groups is 1. The molecule has 0 atom stereocenters. The minimum Gasteiger partial charge on any atom is -0.473 e. The van der Waals surface area contributed by atoms with Crippen LogP contribution in [0.4, 0.5) is 0 Å².